The minimum atomic E-state index is -3.97. The molecule has 0 fully saturated rings. The molecular weight excluding hydrogens is 450 g/mol. The van der Waals surface area contributed by atoms with E-state index >= 15 is 0 Å². The van der Waals surface area contributed by atoms with E-state index in [0.29, 0.717) is 5.02 Å². The van der Waals surface area contributed by atoms with Gasteiger partial charge in [0.05, 0.1) is 22.7 Å². The predicted molar refractivity (Wildman–Crippen MR) is 124 cm³/mol. The second-order valence-corrected chi connectivity index (χ2v) is 9.62. The van der Waals surface area contributed by atoms with Crippen LogP contribution in [0.15, 0.2) is 59.6 Å². The smallest absolute Gasteiger partial charge is 0.328 e. The molecule has 2 N–H and O–H groups in total. The maximum atomic E-state index is 12.5. The first kappa shape index (κ1) is 21.9. The molecule has 2 heterocycles. The van der Waals surface area contributed by atoms with Crippen molar-refractivity contribution in [1.29, 1.82) is 0 Å². The van der Waals surface area contributed by atoms with Gasteiger partial charge in [0.2, 0.25) is 0 Å². The Morgan fingerprint density at radius 3 is 2.53 bits per heavy atom. The van der Waals surface area contributed by atoms with Crippen LogP contribution < -0.4 is 10.0 Å². The summed E-state index contributed by atoms with van der Waals surface area (Å²) in [5, 5.41) is 8.73. The molecule has 0 bridgehead atoms. The summed E-state index contributed by atoms with van der Waals surface area (Å²) >= 11 is 6.10. The Labute approximate surface area is 190 Å². The molecule has 4 aromatic rings. The van der Waals surface area contributed by atoms with Crippen molar-refractivity contribution in [3.8, 4) is 5.82 Å². The first-order chi connectivity index (χ1) is 15.2. The fourth-order valence-corrected chi connectivity index (χ4v) is 4.71. The Bertz CT molecular complexity index is 1420. The fraction of sp³-hybridized carbons (Fsp3) is 0.182. The summed E-state index contributed by atoms with van der Waals surface area (Å²) in [7, 11) is -2.16. The molecule has 10 heteroatoms. The van der Waals surface area contributed by atoms with Gasteiger partial charge in [0.1, 0.15) is 5.82 Å². The fourth-order valence-electron chi connectivity index (χ4n) is 3.60. The van der Waals surface area contributed by atoms with Gasteiger partial charge in [-0.1, -0.05) is 29.3 Å². The quantitative estimate of drug-likeness (QED) is 0.462. The molecule has 2 aromatic heterocycles. The van der Waals surface area contributed by atoms with Crippen molar-refractivity contribution in [3.05, 3.63) is 76.6 Å². The Kier molecular flexibility index (Phi) is 5.70. The normalized spacial score (nSPS) is 11.6. The highest BCUT2D eigenvalue weighted by atomic mass is 35.5. The number of aryl methyl sites for hydroxylation is 3. The van der Waals surface area contributed by atoms with Gasteiger partial charge in [-0.2, -0.15) is 5.10 Å². The number of hydrogen-bond donors (Lipinski definition) is 2. The molecule has 0 aliphatic carbocycles. The SMILES string of the molecule is Cc1ccc(S(=O)(=O)NC(=O)NCc2c(C)nn(C)c2-n2ccc3cc(Cl)ccc32)cc1. The van der Waals surface area contributed by atoms with Crippen LogP contribution in [0, 0.1) is 13.8 Å². The van der Waals surface area contributed by atoms with Gasteiger partial charge in [0.15, 0.2) is 0 Å². The zero-order valence-electron chi connectivity index (χ0n) is 17.8. The molecule has 0 saturated heterocycles. The average molecular weight is 472 g/mol. The number of nitrogens with one attached hydrogen (secondary N) is 2. The molecule has 2 aromatic carbocycles. The van der Waals surface area contributed by atoms with Crippen LogP contribution in [0.3, 0.4) is 0 Å². The molecule has 4 rings (SSSR count). The number of urea groups is 1. The third-order valence-electron chi connectivity index (χ3n) is 5.18. The van der Waals surface area contributed by atoms with Gasteiger partial charge in [0, 0.05) is 29.2 Å². The standard InChI is InChI=1S/C22H22ClN5O3S/c1-14-4-7-18(8-5-14)32(30,31)26-22(29)24-13-19-15(2)25-27(3)21(19)28-11-10-16-12-17(23)6-9-20(16)28/h4-12H,13H2,1-3H3,(H2,24,26,29). The predicted octanol–water partition coefficient (Wildman–Crippen LogP) is 3.82. The number of carbonyl (C=O) groups excluding carboxylic acids is 1. The monoisotopic (exact) mass is 471 g/mol. The molecule has 0 atom stereocenters. The van der Waals surface area contributed by atoms with Crippen LogP contribution in [0.2, 0.25) is 5.02 Å². The van der Waals surface area contributed by atoms with E-state index < -0.39 is 16.1 Å². The lowest BCUT2D eigenvalue weighted by atomic mass is 10.2. The summed E-state index contributed by atoms with van der Waals surface area (Å²) in [5.74, 6) is 0.765. The highest BCUT2D eigenvalue weighted by Gasteiger charge is 2.20. The summed E-state index contributed by atoms with van der Waals surface area (Å²) in [6.45, 7) is 3.79. The molecule has 0 spiro atoms. The third-order valence-corrected chi connectivity index (χ3v) is 6.76. The molecule has 2 amide bonds. The Morgan fingerprint density at radius 1 is 1.09 bits per heavy atom. The number of rotatable bonds is 5. The molecule has 32 heavy (non-hydrogen) atoms. The average Bonchev–Trinajstić information content (AvgIpc) is 3.25. The summed E-state index contributed by atoms with van der Waals surface area (Å²) in [5.41, 5.74) is 3.35. The van der Waals surface area contributed by atoms with Gasteiger partial charge in [-0.3, -0.25) is 4.68 Å². The second-order valence-electron chi connectivity index (χ2n) is 7.50. The highest BCUT2D eigenvalue weighted by molar-refractivity contribution is 7.90. The van der Waals surface area contributed by atoms with Crippen LogP contribution in [0.25, 0.3) is 16.7 Å². The van der Waals surface area contributed by atoms with E-state index in [0.717, 1.165) is 33.5 Å². The van der Waals surface area contributed by atoms with Crippen molar-refractivity contribution >= 4 is 38.6 Å². The van der Waals surface area contributed by atoms with E-state index in [1.165, 1.54) is 12.1 Å². The van der Waals surface area contributed by atoms with Crippen LogP contribution >= 0.6 is 11.6 Å². The van der Waals surface area contributed by atoms with Gasteiger partial charge < -0.3 is 9.88 Å². The largest absolute Gasteiger partial charge is 0.333 e. The maximum absolute atomic E-state index is 12.5. The van der Waals surface area contributed by atoms with E-state index in [4.69, 9.17) is 11.6 Å². The maximum Gasteiger partial charge on any atom is 0.328 e. The second kappa shape index (κ2) is 8.33. The Morgan fingerprint density at radius 2 is 1.81 bits per heavy atom. The molecule has 0 aliphatic heterocycles. The van der Waals surface area contributed by atoms with E-state index in [9.17, 15) is 13.2 Å². The zero-order chi connectivity index (χ0) is 23.0. The third kappa shape index (κ3) is 4.21. The van der Waals surface area contributed by atoms with Crippen LogP contribution in [-0.2, 0) is 23.6 Å². The van der Waals surface area contributed by atoms with Crippen molar-refractivity contribution in [1.82, 2.24) is 24.4 Å². The van der Waals surface area contributed by atoms with Crippen LogP contribution in [0.1, 0.15) is 16.8 Å². The van der Waals surface area contributed by atoms with Crippen molar-refractivity contribution in [2.45, 2.75) is 25.3 Å². The summed E-state index contributed by atoms with van der Waals surface area (Å²) in [6.07, 6.45) is 1.91. The van der Waals surface area contributed by atoms with Crippen molar-refractivity contribution < 1.29 is 13.2 Å². The number of hydrogen-bond acceptors (Lipinski definition) is 4. The summed E-state index contributed by atoms with van der Waals surface area (Å²) in [6, 6.07) is 13.0. The lowest BCUT2D eigenvalue weighted by Crippen LogP contribution is -2.39. The summed E-state index contributed by atoms with van der Waals surface area (Å²) in [4.78, 5) is 12.4. The van der Waals surface area contributed by atoms with E-state index in [2.05, 4.69) is 15.1 Å². The lowest BCUT2D eigenvalue weighted by molar-refractivity contribution is 0.245. The van der Waals surface area contributed by atoms with Crippen LogP contribution in [0.4, 0.5) is 4.79 Å². The molecular formula is C22H22ClN5O3S. The molecule has 0 unspecified atom stereocenters. The number of carbonyl (C=O) groups is 1. The van der Waals surface area contributed by atoms with Gasteiger partial charge >= 0.3 is 6.03 Å². The van der Waals surface area contributed by atoms with E-state index in [1.807, 2.05) is 55.9 Å². The molecule has 166 valence electrons. The van der Waals surface area contributed by atoms with Gasteiger partial charge in [0.25, 0.3) is 10.0 Å². The van der Waals surface area contributed by atoms with Crippen molar-refractivity contribution in [2.75, 3.05) is 0 Å². The lowest BCUT2D eigenvalue weighted by Gasteiger charge is -2.12. The van der Waals surface area contributed by atoms with Crippen molar-refractivity contribution in [3.63, 3.8) is 0 Å². The number of nitrogens with zero attached hydrogens (tertiary/aromatic N) is 3. The molecule has 8 nitrogen and oxygen atoms in total. The topological polar surface area (TPSA) is 98.0 Å². The first-order valence-electron chi connectivity index (χ1n) is 9.82. The number of aromatic nitrogens is 3. The van der Waals surface area contributed by atoms with E-state index in [1.54, 1.807) is 16.8 Å². The highest BCUT2D eigenvalue weighted by Crippen LogP contribution is 2.26. The number of benzene rings is 2. The van der Waals surface area contributed by atoms with E-state index in [-0.39, 0.29) is 11.4 Å². The van der Waals surface area contributed by atoms with Crippen molar-refractivity contribution in [2.24, 2.45) is 7.05 Å². The van der Waals surface area contributed by atoms with Crippen LogP contribution in [0.5, 0.6) is 0 Å². The minimum Gasteiger partial charge on any atom is -0.333 e. The van der Waals surface area contributed by atoms with Crippen LogP contribution in [-0.4, -0.2) is 28.8 Å². The summed E-state index contributed by atoms with van der Waals surface area (Å²) < 4.78 is 30.7. The first-order valence-corrected chi connectivity index (χ1v) is 11.7. The number of fused-ring (bicyclic) bond motifs is 1. The molecule has 0 saturated carbocycles. The number of halogens is 1. The molecule has 0 radical (unpaired) electrons. The minimum absolute atomic E-state index is 0.0222. The Balaban J connectivity index is 1.56. The zero-order valence-corrected chi connectivity index (χ0v) is 19.3. The van der Waals surface area contributed by atoms with Gasteiger partial charge in [-0.15, -0.1) is 0 Å². The van der Waals surface area contributed by atoms with Gasteiger partial charge in [-0.05, 0) is 50.2 Å². The molecule has 0 aliphatic rings. The van der Waals surface area contributed by atoms with Gasteiger partial charge in [-0.25, -0.2) is 17.9 Å². The Hall–Kier alpha value is -3.30. The number of sulfonamides is 1. The number of amides is 2.